The molecule has 4 heteroatoms. The zero-order chi connectivity index (χ0) is 23.2. The van der Waals surface area contributed by atoms with Crippen LogP contribution in [-0.2, 0) is 24.1 Å². The van der Waals surface area contributed by atoms with Crippen molar-refractivity contribution in [1.29, 1.82) is 0 Å². The Kier molecular flexibility index (Phi) is 7.54. The van der Waals surface area contributed by atoms with Crippen LogP contribution in [0, 0.1) is 5.92 Å². The molecule has 0 spiro atoms. The fourth-order valence-electron chi connectivity index (χ4n) is 4.98. The number of benzene rings is 2. The van der Waals surface area contributed by atoms with E-state index in [2.05, 4.69) is 13.0 Å². The summed E-state index contributed by atoms with van der Waals surface area (Å²) in [6.07, 6.45) is 6.32. The van der Waals surface area contributed by atoms with Gasteiger partial charge in [0.25, 0.3) is 0 Å². The highest BCUT2D eigenvalue weighted by atomic mass is 16.5. The lowest BCUT2D eigenvalue weighted by Crippen LogP contribution is -2.10. The Morgan fingerprint density at radius 1 is 1.03 bits per heavy atom. The lowest BCUT2D eigenvalue weighted by Gasteiger charge is -2.14. The van der Waals surface area contributed by atoms with Gasteiger partial charge in [0.15, 0.2) is 5.78 Å². The number of carbonyl (C=O) groups excluding carboxylic acids is 2. The molecule has 0 aliphatic heterocycles. The average molecular weight is 444 g/mol. The number of ether oxygens (including phenoxy) is 1. The normalized spacial score (nSPS) is 15.6. The zero-order valence-corrected chi connectivity index (χ0v) is 19.7. The van der Waals surface area contributed by atoms with Crippen molar-refractivity contribution in [2.75, 3.05) is 6.61 Å². The molecule has 4 nitrogen and oxygen atoms in total. The van der Waals surface area contributed by atoms with Gasteiger partial charge in [-0.2, -0.15) is 0 Å². The Hall–Kier alpha value is -3.01. The number of aryl methyl sites for hydroxylation is 2. The molecule has 3 aromatic rings. The first-order chi connectivity index (χ1) is 16.1. The highest BCUT2D eigenvalue weighted by molar-refractivity contribution is 6.07. The van der Waals surface area contributed by atoms with E-state index in [9.17, 15) is 9.59 Å². The lowest BCUT2D eigenvalue weighted by molar-refractivity contribution is -0.120. The molecular formula is C29H33NO3. The smallest absolute Gasteiger partial charge is 0.160 e. The van der Waals surface area contributed by atoms with Gasteiger partial charge in [-0.25, -0.2) is 0 Å². The predicted molar refractivity (Wildman–Crippen MR) is 132 cm³/mol. The number of rotatable bonds is 9. The largest absolute Gasteiger partial charge is 0.493 e. The van der Waals surface area contributed by atoms with Crippen molar-refractivity contribution >= 4 is 22.5 Å². The van der Waals surface area contributed by atoms with Crippen LogP contribution in [0.1, 0.15) is 73.1 Å². The Morgan fingerprint density at radius 2 is 1.79 bits per heavy atom. The molecule has 1 unspecified atom stereocenters. The molecule has 1 aliphatic rings. The molecule has 0 saturated carbocycles. The molecule has 1 heterocycles. The van der Waals surface area contributed by atoms with Crippen molar-refractivity contribution < 1.29 is 14.3 Å². The lowest BCUT2D eigenvalue weighted by atomic mass is 9.91. The fraction of sp³-hybridized carbons (Fsp3) is 0.414. The topological polar surface area (TPSA) is 56.3 Å². The number of fused-ring (bicyclic) bond motifs is 2. The van der Waals surface area contributed by atoms with Crippen LogP contribution in [0.15, 0.2) is 48.5 Å². The van der Waals surface area contributed by atoms with E-state index in [0.29, 0.717) is 37.6 Å². The standard InChI is InChI=1S/C29H33NO3/c1-3-18-33-28-11-7-4-8-22(28)14-15-23(32)19-21-12-16-25-27(17-13-21)30-26-10-6-5-9-24(26)29(25)20(2)31/h4-11,21H,3,12-19H2,1-2H3. The average Bonchev–Trinajstić information content (AvgIpc) is 3.02. The van der Waals surface area contributed by atoms with Gasteiger partial charge in [0.1, 0.15) is 11.5 Å². The number of Topliss-reactive ketones (excluding diaryl/α,β-unsaturated/α-hetero) is 2. The third kappa shape index (κ3) is 5.50. The predicted octanol–water partition coefficient (Wildman–Crippen LogP) is 6.31. The Morgan fingerprint density at radius 3 is 2.61 bits per heavy atom. The van der Waals surface area contributed by atoms with E-state index >= 15 is 0 Å². The molecule has 1 atom stereocenters. The SMILES string of the molecule is CCCOc1ccccc1CCC(=O)CC1CCc2nc3ccccc3c(C(C)=O)c2CC1. The van der Waals surface area contributed by atoms with Crippen LogP contribution in [0.2, 0.25) is 0 Å². The Balaban J connectivity index is 1.41. The Labute approximate surface area is 196 Å². The summed E-state index contributed by atoms with van der Waals surface area (Å²) in [4.78, 5) is 30.3. The number of para-hydroxylation sites is 2. The van der Waals surface area contributed by atoms with Crippen LogP contribution < -0.4 is 4.74 Å². The monoisotopic (exact) mass is 443 g/mol. The van der Waals surface area contributed by atoms with Crippen LogP contribution in [0.5, 0.6) is 5.75 Å². The molecule has 33 heavy (non-hydrogen) atoms. The second-order valence-electron chi connectivity index (χ2n) is 9.13. The van der Waals surface area contributed by atoms with Crippen molar-refractivity contribution in [2.24, 2.45) is 5.92 Å². The van der Waals surface area contributed by atoms with E-state index in [0.717, 1.165) is 71.1 Å². The second-order valence-corrected chi connectivity index (χ2v) is 9.13. The minimum atomic E-state index is 0.100. The van der Waals surface area contributed by atoms with Gasteiger partial charge in [-0.1, -0.05) is 43.3 Å². The first kappa shape index (κ1) is 23.2. The van der Waals surface area contributed by atoms with Gasteiger partial charge in [-0.05, 0) is 74.6 Å². The van der Waals surface area contributed by atoms with E-state index in [1.54, 1.807) is 6.92 Å². The summed E-state index contributed by atoms with van der Waals surface area (Å²) < 4.78 is 5.84. The van der Waals surface area contributed by atoms with Crippen LogP contribution in [0.25, 0.3) is 10.9 Å². The molecule has 1 aliphatic carbocycles. The summed E-state index contributed by atoms with van der Waals surface area (Å²) in [7, 11) is 0. The number of hydrogen-bond acceptors (Lipinski definition) is 4. The molecule has 172 valence electrons. The summed E-state index contributed by atoms with van der Waals surface area (Å²) in [5, 5.41) is 0.947. The van der Waals surface area contributed by atoms with Crippen molar-refractivity contribution in [3.8, 4) is 5.75 Å². The minimum Gasteiger partial charge on any atom is -0.493 e. The molecule has 0 saturated heterocycles. The first-order valence-electron chi connectivity index (χ1n) is 12.2. The molecule has 0 N–H and O–H groups in total. The van der Waals surface area contributed by atoms with Crippen LogP contribution in [0.4, 0.5) is 0 Å². The third-order valence-corrected chi connectivity index (χ3v) is 6.65. The summed E-state index contributed by atoms with van der Waals surface area (Å²) in [5.41, 5.74) is 4.95. The molecule has 0 fully saturated rings. The van der Waals surface area contributed by atoms with E-state index in [1.807, 2.05) is 42.5 Å². The van der Waals surface area contributed by atoms with Gasteiger partial charge in [0, 0.05) is 29.5 Å². The third-order valence-electron chi connectivity index (χ3n) is 6.65. The van der Waals surface area contributed by atoms with Crippen molar-refractivity contribution in [1.82, 2.24) is 4.98 Å². The number of hydrogen-bond donors (Lipinski definition) is 0. The van der Waals surface area contributed by atoms with Gasteiger partial charge >= 0.3 is 0 Å². The van der Waals surface area contributed by atoms with Crippen molar-refractivity contribution in [3.63, 3.8) is 0 Å². The fourth-order valence-corrected chi connectivity index (χ4v) is 4.98. The maximum absolute atomic E-state index is 12.9. The van der Waals surface area contributed by atoms with Gasteiger partial charge < -0.3 is 4.74 Å². The number of nitrogens with zero attached hydrogens (tertiary/aromatic N) is 1. The number of pyridine rings is 1. The van der Waals surface area contributed by atoms with Crippen LogP contribution in [-0.4, -0.2) is 23.2 Å². The number of carbonyl (C=O) groups is 2. The zero-order valence-electron chi connectivity index (χ0n) is 19.7. The molecule has 4 rings (SSSR count). The summed E-state index contributed by atoms with van der Waals surface area (Å²) in [5.74, 6) is 1.64. The molecule has 1 aromatic heterocycles. The summed E-state index contributed by atoms with van der Waals surface area (Å²) in [6.45, 7) is 4.43. The minimum absolute atomic E-state index is 0.100. The Bertz CT molecular complexity index is 1150. The summed E-state index contributed by atoms with van der Waals surface area (Å²) in [6, 6.07) is 15.9. The maximum atomic E-state index is 12.9. The highest BCUT2D eigenvalue weighted by Gasteiger charge is 2.24. The quantitative estimate of drug-likeness (QED) is 0.287. The molecule has 0 bridgehead atoms. The van der Waals surface area contributed by atoms with E-state index in [4.69, 9.17) is 9.72 Å². The van der Waals surface area contributed by atoms with Crippen LogP contribution in [0.3, 0.4) is 0 Å². The number of ketones is 2. The molecule has 0 amide bonds. The molecule has 2 aromatic carbocycles. The van der Waals surface area contributed by atoms with Gasteiger partial charge in [0.2, 0.25) is 0 Å². The van der Waals surface area contributed by atoms with Gasteiger partial charge in [-0.15, -0.1) is 0 Å². The van der Waals surface area contributed by atoms with Crippen LogP contribution >= 0.6 is 0 Å². The molecular weight excluding hydrogens is 410 g/mol. The van der Waals surface area contributed by atoms with Gasteiger partial charge in [0.05, 0.1) is 12.1 Å². The highest BCUT2D eigenvalue weighted by Crippen LogP contribution is 2.32. The first-order valence-corrected chi connectivity index (χ1v) is 12.2. The molecule has 0 radical (unpaired) electrons. The van der Waals surface area contributed by atoms with Gasteiger partial charge in [-0.3, -0.25) is 14.6 Å². The summed E-state index contributed by atoms with van der Waals surface area (Å²) >= 11 is 0. The van der Waals surface area contributed by atoms with Crippen molar-refractivity contribution in [2.45, 2.75) is 65.2 Å². The van der Waals surface area contributed by atoms with E-state index < -0.39 is 0 Å². The van der Waals surface area contributed by atoms with E-state index in [-0.39, 0.29) is 5.78 Å². The van der Waals surface area contributed by atoms with E-state index in [1.165, 1.54) is 0 Å². The second kappa shape index (κ2) is 10.7. The van der Waals surface area contributed by atoms with Crippen molar-refractivity contribution in [3.05, 3.63) is 70.9 Å². The number of aromatic nitrogens is 1. The maximum Gasteiger partial charge on any atom is 0.160 e.